The highest BCUT2D eigenvalue weighted by molar-refractivity contribution is 7.88. The van der Waals surface area contributed by atoms with E-state index >= 15 is 0 Å². The standard InChI is InChI=1S/C31H51F2N5O5S2/c1-24(2)22-38(31(39)23-35-15-17-37(18-16-35)45(4,42)43)29-7-10-34(11-8-29)12-9-30(26-19-27(32)21-28(33)20-26)25-5-13-36(14-6-25)44(3,40)41/h19-21,24-25,29-30H,5-18,22-23H2,1-4H3/t30-/m1/s1. The van der Waals surface area contributed by atoms with Gasteiger partial charge in [-0.05, 0) is 74.1 Å². The smallest absolute Gasteiger partial charge is 0.237 e. The van der Waals surface area contributed by atoms with Gasteiger partial charge in [-0.2, -0.15) is 4.31 Å². The number of benzene rings is 1. The number of carbonyl (C=O) groups excluding carboxylic acids is 1. The van der Waals surface area contributed by atoms with Crippen molar-refractivity contribution in [3.05, 3.63) is 35.4 Å². The maximum Gasteiger partial charge on any atom is 0.237 e. The van der Waals surface area contributed by atoms with Crippen LogP contribution in [0.3, 0.4) is 0 Å². The summed E-state index contributed by atoms with van der Waals surface area (Å²) in [5.74, 6) is -0.760. The number of piperazine rings is 1. The zero-order valence-corrected chi connectivity index (χ0v) is 28.8. The highest BCUT2D eigenvalue weighted by atomic mass is 32.2. The minimum absolute atomic E-state index is 0.0863. The first-order valence-corrected chi connectivity index (χ1v) is 19.9. The maximum absolute atomic E-state index is 14.3. The molecule has 256 valence electrons. The molecule has 1 atom stereocenters. The van der Waals surface area contributed by atoms with Crippen molar-refractivity contribution in [2.75, 3.05) is 84.5 Å². The van der Waals surface area contributed by atoms with Crippen LogP contribution in [0.25, 0.3) is 0 Å². The number of piperidine rings is 2. The number of hydrogen-bond acceptors (Lipinski definition) is 7. The van der Waals surface area contributed by atoms with Crippen LogP contribution in [0.2, 0.25) is 0 Å². The van der Waals surface area contributed by atoms with Crippen LogP contribution in [0.5, 0.6) is 0 Å². The van der Waals surface area contributed by atoms with Crippen molar-refractivity contribution >= 4 is 26.0 Å². The topological polar surface area (TPSA) is 102 Å². The van der Waals surface area contributed by atoms with Crippen molar-refractivity contribution in [2.24, 2.45) is 11.8 Å². The molecule has 0 unspecified atom stereocenters. The van der Waals surface area contributed by atoms with Gasteiger partial charge in [0.15, 0.2) is 0 Å². The summed E-state index contributed by atoms with van der Waals surface area (Å²) in [6.45, 7) is 10.3. The van der Waals surface area contributed by atoms with Gasteiger partial charge in [0.1, 0.15) is 11.6 Å². The second-order valence-electron chi connectivity index (χ2n) is 13.5. The van der Waals surface area contributed by atoms with Crippen molar-refractivity contribution in [3.63, 3.8) is 0 Å². The summed E-state index contributed by atoms with van der Waals surface area (Å²) in [5, 5.41) is 0. The number of carbonyl (C=O) groups is 1. The molecule has 0 radical (unpaired) electrons. The number of nitrogens with zero attached hydrogens (tertiary/aromatic N) is 5. The number of hydrogen-bond donors (Lipinski definition) is 0. The Morgan fingerprint density at radius 3 is 1.84 bits per heavy atom. The zero-order valence-electron chi connectivity index (χ0n) is 27.2. The summed E-state index contributed by atoms with van der Waals surface area (Å²) in [6.07, 6.45) is 6.12. The number of halogens is 2. The monoisotopic (exact) mass is 675 g/mol. The second kappa shape index (κ2) is 15.5. The Morgan fingerprint density at radius 2 is 1.33 bits per heavy atom. The summed E-state index contributed by atoms with van der Waals surface area (Å²) < 4.78 is 79.3. The average Bonchev–Trinajstić information content (AvgIpc) is 2.95. The zero-order chi connectivity index (χ0) is 32.9. The molecule has 0 aromatic heterocycles. The maximum atomic E-state index is 14.3. The Kier molecular flexibility index (Phi) is 12.4. The molecule has 0 bridgehead atoms. The molecule has 1 amide bonds. The molecule has 45 heavy (non-hydrogen) atoms. The number of rotatable bonds is 12. The average molecular weight is 676 g/mol. The molecular formula is C31H51F2N5O5S2. The van der Waals surface area contributed by atoms with E-state index in [-0.39, 0.29) is 30.3 Å². The van der Waals surface area contributed by atoms with Crippen LogP contribution in [-0.2, 0) is 24.8 Å². The number of sulfonamides is 2. The summed E-state index contributed by atoms with van der Waals surface area (Å²) in [6, 6.07) is 3.85. The van der Waals surface area contributed by atoms with Gasteiger partial charge in [-0.25, -0.2) is 29.9 Å². The van der Waals surface area contributed by atoms with E-state index in [1.54, 1.807) is 0 Å². The normalized spacial score (nSPS) is 21.8. The molecule has 1 aromatic rings. The van der Waals surface area contributed by atoms with E-state index in [1.807, 2.05) is 9.80 Å². The van der Waals surface area contributed by atoms with Gasteiger partial charge in [-0.3, -0.25) is 9.69 Å². The lowest BCUT2D eigenvalue weighted by atomic mass is 9.78. The van der Waals surface area contributed by atoms with E-state index in [0.717, 1.165) is 38.5 Å². The third-order valence-corrected chi connectivity index (χ3v) is 12.3. The van der Waals surface area contributed by atoms with Crippen LogP contribution in [-0.4, -0.2) is 137 Å². The molecule has 3 aliphatic heterocycles. The Balaban J connectivity index is 1.34. The molecule has 0 spiro atoms. The molecule has 0 N–H and O–H groups in total. The van der Waals surface area contributed by atoms with Gasteiger partial charge >= 0.3 is 0 Å². The van der Waals surface area contributed by atoms with Gasteiger partial charge < -0.3 is 9.80 Å². The third kappa shape index (κ3) is 10.4. The van der Waals surface area contributed by atoms with Crippen molar-refractivity contribution in [1.82, 2.24) is 23.3 Å². The molecule has 14 heteroatoms. The first-order valence-electron chi connectivity index (χ1n) is 16.2. The summed E-state index contributed by atoms with van der Waals surface area (Å²) >= 11 is 0. The fourth-order valence-electron chi connectivity index (χ4n) is 7.20. The van der Waals surface area contributed by atoms with E-state index in [0.29, 0.717) is 76.6 Å². The summed E-state index contributed by atoms with van der Waals surface area (Å²) in [5.41, 5.74) is 0.631. The van der Waals surface area contributed by atoms with Crippen LogP contribution in [0.15, 0.2) is 18.2 Å². The Morgan fingerprint density at radius 1 is 0.800 bits per heavy atom. The highest BCUT2D eigenvalue weighted by Gasteiger charge is 2.34. The second-order valence-corrected chi connectivity index (χ2v) is 17.5. The molecule has 3 heterocycles. The minimum Gasteiger partial charge on any atom is -0.338 e. The highest BCUT2D eigenvalue weighted by Crippen LogP contribution is 2.37. The molecule has 3 fully saturated rings. The molecule has 10 nitrogen and oxygen atoms in total. The van der Waals surface area contributed by atoms with Gasteiger partial charge in [0.25, 0.3) is 0 Å². The predicted octanol–water partition coefficient (Wildman–Crippen LogP) is 2.64. The fraction of sp³-hybridized carbons (Fsp3) is 0.774. The van der Waals surface area contributed by atoms with Crippen molar-refractivity contribution in [2.45, 2.75) is 57.9 Å². The Labute approximate surface area is 268 Å². The lowest BCUT2D eigenvalue weighted by Gasteiger charge is -2.41. The van der Waals surface area contributed by atoms with E-state index in [4.69, 9.17) is 0 Å². The first-order chi connectivity index (χ1) is 21.1. The quantitative estimate of drug-likeness (QED) is 0.336. The van der Waals surface area contributed by atoms with Crippen molar-refractivity contribution in [3.8, 4) is 0 Å². The van der Waals surface area contributed by atoms with Crippen LogP contribution in [0, 0.1) is 23.5 Å². The van der Waals surface area contributed by atoms with Crippen LogP contribution in [0.4, 0.5) is 8.78 Å². The Bertz CT molecular complexity index is 1340. The predicted molar refractivity (Wildman–Crippen MR) is 172 cm³/mol. The van der Waals surface area contributed by atoms with Gasteiger partial charge in [0, 0.05) is 71.0 Å². The fourth-order valence-corrected chi connectivity index (χ4v) is 8.90. The molecule has 0 saturated carbocycles. The van der Waals surface area contributed by atoms with Crippen LogP contribution in [0.1, 0.15) is 57.4 Å². The van der Waals surface area contributed by atoms with Gasteiger partial charge in [-0.15, -0.1) is 0 Å². The molecule has 4 rings (SSSR count). The Hall–Kier alpha value is -1.71. The molecular weight excluding hydrogens is 625 g/mol. The van der Waals surface area contributed by atoms with Crippen LogP contribution < -0.4 is 0 Å². The number of likely N-dealkylation sites (tertiary alicyclic amines) is 1. The molecule has 3 saturated heterocycles. The van der Waals surface area contributed by atoms with E-state index in [9.17, 15) is 30.4 Å². The molecule has 1 aromatic carbocycles. The largest absolute Gasteiger partial charge is 0.338 e. The van der Waals surface area contributed by atoms with Gasteiger partial charge in [0.05, 0.1) is 19.1 Å². The van der Waals surface area contributed by atoms with E-state index in [2.05, 4.69) is 18.7 Å². The molecule has 0 aliphatic carbocycles. The van der Waals surface area contributed by atoms with Gasteiger partial charge in [0.2, 0.25) is 26.0 Å². The van der Waals surface area contributed by atoms with Crippen molar-refractivity contribution in [1.29, 1.82) is 0 Å². The summed E-state index contributed by atoms with van der Waals surface area (Å²) in [4.78, 5) is 20.0. The van der Waals surface area contributed by atoms with Gasteiger partial charge in [-0.1, -0.05) is 13.8 Å². The lowest BCUT2D eigenvalue weighted by Crippen LogP contribution is -2.54. The number of amides is 1. The third-order valence-electron chi connectivity index (χ3n) is 9.65. The van der Waals surface area contributed by atoms with Crippen molar-refractivity contribution < 1.29 is 30.4 Å². The van der Waals surface area contributed by atoms with E-state index in [1.165, 1.54) is 33.3 Å². The lowest BCUT2D eigenvalue weighted by molar-refractivity contribution is -0.136. The van der Waals surface area contributed by atoms with E-state index < -0.39 is 31.7 Å². The molecule has 3 aliphatic rings. The minimum atomic E-state index is -3.27. The first kappa shape index (κ1) is 36.1. The summed E-state index contributed by atoms with van der Waals surface area (Å²) in [7, 11) is -6.50. The van der Waals surface area contributed by atoms with Crippen LogP contribution >= 0.6 is 0 Å². The SMILES string of the molecule is CC(C)CN(C(=O)CN1CCN(S(C)(=O)=O)CC1)C1CCN(CC[C@@H](c2cc(F)cc(F)c2)C2CCN(S(C)(=O)=O)CC2)CC1.